The molecular weight excluding hydrogens is 296 g/mol. The predicted molar refractivity (Wildman–Crippen MR) is 50.3 cm³/mol. The number of hydrogen-bond donors (Lipinski definition) is 0. The highest BCUT2D eigenvalue weighted by atomic mass is 127. The van der Waals surface area contributed by atoms with Crippen LogP contribution in [0.25, 0.3) is 0 Å². The average molecular weight is 301 g/mol. The smallest absolute Gasteiger partial charge is 0.406 e. The molecule has 1 aromatic carbocycles. The van der Waals surface area contributed by atoms with Gasteiger partial charge in [-0.05, 0) is 53.3 Å². The molecule has 0 N–H and O–H groups in total. The minimum Gasteiger partial charge on any atom is -0.406 e. The molecule has 5 heteroatoms. The summed E-state index contributed by atoms with van der Waals surface area (Å²) < 4.78 is 39.7. The van der Waals surface area contributed by atoms with Gasteiger partial charge in [-0.1, -0.05) is 0 Å². The second-order valence-electron chi connectivity index (χ2n) is 2.34. The fourth-order valence-electron chi connectivity index (χ4n) is 0.813. The van der Waals surface area contributed by atoms with Crippen molar-refractivity contribution in [3.63, 3.8) is 0 Å². The lowest BCUT2D eigenvalue weighted by molar-refractivity contribution is -0.274. The summed E-state index contributed by atoms with van der Waals surface area (Å²) in [6, 6.07) is 4.18. The summed E-state index contributed by atoms with van der Waals surface area (Å²) in [5.41, 5.74) is 0.492. The number of halogens is 4. The highest BCUT2D eigenvalue weighted by Gasteiger charge is 2.31. The molecule has 0 bridgehead atoms. The Morgan fingerprint density at radius 2 is 1.85 bits per heavy atom. The predicted octanol–water partition coefficient (Wildman–Crippen LogP) is 3.37. The number of benzene rings is 1. The van der Waals surface area contributed by atoms with E-state index >= 15 is 0 Å². The third-order valence-electron chi connectivity index (χ3n) is 1.16. The van der Waals surface area contributed by atoms with Crippen molar-refractivity contribution >= 4 is 22.6 Å². The van der Waals surface area contributed by atoms with Crippen LogP contribution >= 0.6 is 22.6 Å². The highest BCUT2D eigenvalue weighted by Crippen LogP contribution is 2.25. The molecule has 1 aromatic rings. The summed E-state index contributed by atoms with van der Waals surface area (Å²) in [6.45, 7) is 3.52. The molecule has 0 aliphatic rings. The molecule has 0 saturated carbocycles. The van der Waals surface area contributed by atoms with E-state index in [1.807, 2.05) is 22.6 Å². The third kappa shape index (κ3) is 3.84. The van der Waals surface area contributed by atoms with Gasteiger partial charge in [0.15, 0.2) is 0 Å². The number of rotatable bonds is 1. The standard InChI is InChI=1S/C8H5F3IO/c1-5-2-6(12)4-7(3-5)13-8(9,10)11/h2-4H,1H2. The van der Waals surface area contributed by atoms with Crippen molar-refractivity contribution in [3.05, 3.63) is 34.3 Å². The van der Waals surface area contributed by atoms with E-state index in [-0.39, 0.29) is 5.75 Å². The Morgan fingerprint density at radius 3 is 2.31 bits per heavy atom. The lowest BCUT2D eigenvalue weighted by atomic mass is 10.2. The fraction of sp³-hybridized carbons (Fsp3) is 0.125. The van der Waals surface area contributed by atoms with Crippen molar-refractivity contribution < 1.29 is 17.9 Å². The van der Waals surface area contributed by atoms with Crippen molar-refractivity contribution in [3.8, 4) is 5.75 Å². The van der Waals surface area contributed by atoms with E-state index in [0.29, 0.717) is 9.13 Å². The molecule has 1 radical (unpaired) electrons. The average Bonchev–Trinajstić information content (AvgIpc) is 1.78. The maximum absolute atomic E-state index is 11.8. The van der Waals surface area contributed by atoms with Crippen LogP contribution in [-0.4, -0.2) is 6.36 Å². The summed E-state index contributed by atoms with van der Waals surface area (Å²) in [5, 5.41) is 0. The van der Waals surface area contributed by atoms with Crippen LogP contribution in [0.2, 0.25) is 0 Å². The van der Waals surface area contributed by atoms with Crippen LogP contribution in [0.4, 0.5) is 13.2 Å². The lowest BCUT2D eigenvalue weighted by Gasteiger charge is -2.09. The van der Waals surface area contributed by atoms with Crippen LogP contribution in [0.3, 0.4) is 0 Å². The van der Waals surface area contributed by atoms with Gasteiger partial charge in [-0.25, -0.2) is 0 Å². The third-order valence-corrected chi connectivity index (χ3v) is 1.79. The van der Waals surface area contributed by atoms with Gasteiger partial charge in [0, 0.05) is 3.57 Å². The minimum atomic E-state index is -4.64. The van der Waals surface area contributed by atoms with E-state index in [1.165, 1.54) is 12.1 Å². The summed E-state index contributed by atoms with van der Waals surface area (Å²) in [5.74, 6) is -0.232. The Kier molecular flexibility index (Phi) is 3.05. The second-order valence-corrected chi connectivity index (χ2v) is 3.59. The summed E-state index contributed by atoms with van der Waals surface area (Å²) in [6.07, 6.45) is -4.64. The summed E-state index contributed by atoms with van der Waals surface area (Å²) >= 11 is 1.90. The van der Waals surface area contributed by atoms with Gasteiger partial charge in [0.2, 0.25) is 0 Å². The van der Waals surface area contributed by atoms with Crippen LogP contribution in [-0.2, 0) is 0 Å². The Balaban J connectivity index is 2.90. The topological polar surface area (TPSA) is 9.23 Å². The van der Waals surface area contributed by atoms with Gasteiger partial charge in [-0.15, -0.1) is 13.2 Å². The Bertz CT molecular complexity index is 288. The van der Waals surface area contributed by atoms with Crippen LogP contribution in [0.5, 0.6) is 5.75 Å². The molecule has 0 heterocycles. The zero-order valence-electron chi connectivity index (χ0n) is 6.36. The van der Waals surface area contributed by atoms with Gasteiger partial charge in [0.05, 0.1) is 0 Å². The van der Waals surface area contributed by atoms with Gasteiger partial charge in [0.25, 0.3) is 0 Å². The van der Waals surface area contributed by atoms with Crippen LogP contribution < -0.4 is 4.74 Å². The highest BCUT2D eigenvalue weighted by molar-refractivity contribution is 14.1. The van der Waals surface area contributed by atoms with Crippen molar-refractivity contribution in [1.29, 1.82) is 0 Å². The van der Waals surface area contributed by atoms with Crippen molar-refractivity contribution in [2.24, 2.45) is 0 Å². The molecule has 0 atom stereocenters. The molecule has 0 amide bonds. The van der Waals surface area contributed by atoms with Gasteiger partial charge in [-0.3, -0.25) is 0 Å². The summed E-state index contributed by atoms with van der Waals surface area (Å²) in [4.78, 5) is 0. The first-order valence-corrected chi connectivity index (χ1v) is 4.33. The minimum absolute atomic E-state index is 0.232. The van der Waals surface area contributed by atoms with E-state index in [2.05, 4.69) is 11.7 Å². The summed E-state index contributed by atoms with van der Waals surface area (Å²) in [7, 11) is 0. The molecule has 0 saturated heterocycles. The molecule has 1 nitrogen and oxygen atoms in total. The lowest BCUT2D eigenvalue weighted by Crippen LogP contribution is -2.17. The van der Waals surface area contributed by atoms with E-state index in [9.17, 15) is 13.2 Å². The number of ether oxygens (including phenoxy) is 1. The van der Waals surface area contributed by atoms with Gasteiger partial charge >= 0.3 is 6.36 Å². The number of alkyl halides is 3. The Labute approximate surface area is 87.0 Å². The monoisotopic (exact) mass is 301 g/mol. The molecule has 0 aromatic heterocycles. The first-order valence-electron chi connectivity index (χ1n) is 3.25. The molecule has 0 aliphatic carbocycles. The van der Waals surface area contributed by atoms with Gasteiger partial charge in [0.1, 0.15) is 5.75 Å². The van der Waals surface area contributed by atoms with Crippen LogP contribution in [0.1, 0.15) is 5.56 Å². The largest absolute Gasteiger partial charge is 0.573 e. The molecule has 71 valence electrons. The maximum atomic E-state index is 11.8. The van der Waals surface area contributed by atoms with Crippen LogP contribution in [0, 0.1) is 10.5 Å². The van der Waals surface area contributed by atoms with Crippen molar-refractivity contribution in [2.75, 3.05) is 0 Å². The SMILES string of the molecule is [CH2]c1cc(I)cc(OC(F)(F)F)c1. The second kappa shape index (κ2) is 3.73. The molecule has 0 unspecified atom stereocenters. The van der Waals surface area contributed by atoms with E-state index in [0.717, 1.165) is 0 Å². The first kappa shape index (κ1) is 10.6. The number of hydrogen-bond acceptors (Lipinski definition) is 1. The van der Waals surface area contributed by atoms with Gasteiger partial charge in [-0.2, -0.15) is 0 Å². The van der Waals surface area contributed by atoms with Crippen molar-refractivity contribution in [1.82, 2.24) is 0 Å². The fourth-order valence-corrected chi connectivity index (χ4v) is 1.52. The zero-order valence-corrected chi connectivity index (χ0v) is 8.52. The van der Waals surface area contributed by atoms with E-state index in [4.69, 9.17) is 0 Å². The molecule has 13 heavy (non-hydrogen) atoms. The zero-order chi connectivity index (χ0) is 10.1. The normalized spacial score (nSPS) is 11.5. The van der Waals surface area contributed by atoms with Gasteiger partial charge < -0.3 is 4.74 Å². The maximum Gasteiger partial charge on any atom is 0.573 e. The molecule has 0 aliphatic heterocycles. The van der Waals surface area contributed by atoms with Crippen LogP contribution in [0.15, 0.2) is 18.2 Å². The Morgan fingerprint density at radius 1 is 1.23 bits per heavy atom. The molecule has 0 spiro atoms. The first-order chi connectivity index (χ1) is 5.87. The Hall–Kier alpha value is -0.460. The van der Waals surface area contributed by atoms with Crippen molar-refractivity contribution in [2.45, 2.75) is 6.36 Å². The molecular formula is C8H5F3IO. The molecule has 1 rings (SSSR count). The molecule has 0 fully saturated rings. The van der Waals surface area contributed by atoms with E-state index < -0.39 is 6.36 Å². The quantitative estimate of drug-likeness (QED) is 0.723. The van der Waals surface area contributed by atoms with E-state index in [1.54, 1.807) is 6.07 Å².